The lowest BCUT2D eigenvalue weighted by Crippen LogP contribution is -2.45. The van der Waals surface area contributed by atoms with Crippen LogP contribution in [0.15, 0.2) is 4.34 Å². The third-order valence-corrected chi connectivity index (χ3v) is 5.06. The van der Waals surface area contributed by atoms with Crippen molar-refractivity contribution >= 4 is 46.0 Å². The van der Waals surface area contributed by atoms with E-state index in [1.54, 1.807) is 27.7 Å². The topological polar surface area (TPSA) is 101 Å². The summed E-state index contributed by atoms with van der Waals surface area (Å²) in [5.74, 6) is -0.824. The van der Waals surface area contributed by atoms with Gasteiger partial charge in [-0.25, -0.2) is 9.78 Å². The third-order valence-electron chi connectivity index (χ3n) is 3.10. The Kier molecular flexibility index (Phi) is 7.24. The van der Waals surface area contributed by atoms with Crippen LogP contribution in [0.3, 0.4) is 0 Å². The predicted octanol–water partition coefficient (Wildman–Crippen LogP) is 2.42. The molecule has 1 aromatic rings. The number of amides is 3. The first-order chi connectivity index (χ1) is 11.5. The Balaban J connectivity index is 2.89. The summed E-state index contributed by atoms with van der Waals surface area (Å²) in [6, 6.07) is -0.785. The molecule has 0 radical (unpaired) electrons. The molecule has 0 spiro atoms. The average molecular weight is 389 g/mol. The van der Waals surface area contributed by atoms with Crippen LogP contribution in [-0.2, 0) is 9.53 Å². The Morgan fingerprint density at radius 2 is 1.92 bits per heavy atom. The minimum absolute atomic E-state index is 0.150. The van der Waals surface area contributed by atoms with Crippen molar-refractivity contribution in [1.29, 1.82) is 0 Å². The maximum Gasteiger partial charge on any atom is 0.410 e. The minimum atomic E-state index is -0.785. The van der Waals surface area contributed by atoms with Gasteiger partial charge in [-0.15, -0.1) is 0 Å². The van der Waals surface area contributed by atoms with E-state index in [9.17, 15) is 14.4 Å². The highest BCUT2D eigenvalue weighted by atomic mass is 32.2. The lowest BCUT2D eigenvalue weighted by molar-refractivity contribution is -0.120. The van der Waals surface area contributed by atoms with Crippen LogP contribution in [0.1, 0.15) is 38.2 Å². The SMILES string of the molecule is CNC(=O)c1nc(SC)sc1NC(=O)[C@H](C)N(C)C(=O)OC(C)(C)C. The second kappa shape index (κ2) is 8.52. The molecule has 1 rings (SSSR count). The summed E-state index contributed by atoms with van der Waals surface area (Å²) in [6.45, 7) is 6.83. The summed E-state index contributed by atoms with van der Waals surface area (Å²) >= 11 is 2.58. The number of aromatic nitrogens is 1. The van der Waals surface area contributed by atoms with E-state index in [-0.39, 0.29) is 11.6 Å². The molecule has 0 aliphatic heterocycles. The van der Waals surface area contributed by atoms with Gasteiger partial charge in [0.2, 0.25) is 5.91 Å². The Bertz CT molecular complexity index is 654. The van der Waals surface area contributed by atoms with Gasteiger partial charge >= 0.3 is 6.09 Å². The van der Waals surface area contributed by atoms with Gasteiger partial charge in [0.25, 0.3) is 5.91 Å². The maximum atomic E-state index is 12.5. The van der Waals surface area contributed by atoms with Crippen LogP contribution in [0.5, 0.6) is 0 Å². The van der Waals surface area contributed by atoms with Gasteiger partial charge < -0.3 is 15.4 Å². The van der Waals surface area contributed by atoms with Gasteiger partial charge in [0, 0.05) is 14.1 Å². The zero-order valence-electron chi connectivity index (χ0n) is 15.4. The summed E-state index contributed by atoms with van der Waals surface area (Å²) in [5.41, 5.74) is -0.504. The maximum absolute atomic E-state index is 12.5. The van der Waals surface area contributed by atoms with Gasteiger partial charge in [-0.2, -0.15) is 0 Å². The number of ether oxygens (including phenoxy) is 1. The molecule has 0 aromatic carbocycles. The summed E-state index contributed by atoms with van der Waals surface area (Å²) in [4.78, 5) is 41.8. The van der Waals surface area contributed by atoms with Gasteiger partial charge in [-0.05, 0) is 34.0 Å². The van der Waals surface area contributed by atoms with Crippen LogP contribution in [0.4, 0.5) is 9.80 Å². The molecular weight excluding hydrogens is 364 g/mol. The predicted molar refractivity (Wildman–Crippen MR) is 99.4 cm³/mol. The van der Waals surface area contributed by atoms with E-state index in [4.69, 9.17) is 4.74 Å². The number of nitrogens with zero attached hydrogens (tertiary/aromatic N) is 2. The molecule has 0 bridgehead atoms. The number of rotatable bonds is 5. The third kappa shape index (κ3) is 5.89. The molecule has 0 unspecified atom stereocenters. The number of carbonyl (C=O) groups excluding carboxylic acids is 3. The molecule has 25 heavy (non-hydrogen) atoms. The largest absolute Gasteiger partial charge is 0.444 e. The number of thioether (sulfide) groups is 1. The van der Waals surface area contributed by atoms with Crippen molar-refractivity contribution in [3.63, 3.8) is 0 Å². The second-order valence-corrected chi connectivity index (χ2v) is 8.25. The molecule has 10 heteroatoms. The fourth-order valence-electron chi connectivity index (χ4n) is 1.63. The number of likely N-dealkylation sites (N-methyl/N-ethyl adjacent to an activating group) is 1. The molecule has 8 nitrogen and oxygen atoms in total. The van der Waals surface area contributed by atoms with Gasteiger partial charge in [0.1, 0.15) is 16.6 Å². The van der Waals surface area contributed by atoms with E-state index < -0.39 is 23.6 Å². The van der Waals surface area contributed by atoms with Crippen molar-refractivity contribution in [2.75, 3.05) is 25.7 Å². The fraction of sp³-hybridized carbons (Fsp3) is 0.600. The van der Waals surface area contributed by atoms with E-state index in [1.807, 2.05) is 6.26 Å². The first-order valence-electron chi connectivity index (χ1n) is 7.53. The van der Waals surface area contributed by atoms with Crippen LogP contribution in [0.2, 0.25) is 0 Å². The Morgan fingerprint density at radius 1 is 1.32 bits per heavy atom. The van der Waals surface area contributed by atoms with Crippen LogP contribution < -0.4 is 10.6 Å². The fourth-order valence-corrected chi connectivity index (χ4v) is 3.09. The molecule has 1 aromatic heterocycles. The molecule has 0 aliphatic rings. The molecule has 140 valence electrons. The normalized spacial score (nSPS) is 12.3. The number of carbonyl (C=O) groups is 3. The van der Waals surface area contributed by atoms with E-state index in [0.717, 1.165) is 0 Å². The highest BCUT2D eigenvalue weighted by Crippen LogP contribution is 2.30. The molecule has 0 saturated carbocycles. The van der Waals surface area contributed by atoms with Crippen molar-refractivity contribution < 1.29 is 19.1 Å². The quantitative estimate of drug-likeness (QED) is 0.752. The summed E-state index contributed by atoms with van der Waals surface area (Å²) in [6.07, 6.45) is 1.23. The lowest BCUT2D eigenvalue weighted by atomic mass is 10.2. The zero-order valence-corrected chi connectivity index (χ0v) is 17.1. The monoisotopic (exact) mass is 388 g/mol. The Hall–Kier alpha value is -1.81. The first-order valence-corrected chi connectivity index (χ1v) is 9.57. The molecule has 1 atom stereocenters. The van der Waals surface area contributed by atoms with Gasteiger partial charge in [0.05, 0.1) is 0 Å². The summed E-state index contributed by atoms with van der Waals surface area (Å²) < 4.78 is 5.91. The van der Waals surface area contributed by atoms with Crippen molar-refractivity contribution in [3.8, 4) is 0 Å². The summed E-state index contributed by atoms with van der Waals surface area (Å²) in [7, 11) is 2.98. The van der Waals surface area contributed by atoms with Crippen LogP contribution in [0.25, 0.3) is 0 Å². The summed E-state index contributed by atoms with van der Waals surface area (Å²) in [5, 5.41) is 5.51. The van der Waals surface area contributed by atoms with Crippen LogP contribution in [-0.4, -0.2) is 59.8 Å². The number of hydrogen-bond acceptors (Lipinski definition) is 7. The Labute approximate surface area is 155 Å². The molecular formula is C15H24N4O4S2. The molecule has 0 fully saturated rings. The molecule has 3 amide bonds. The molecule has 1 heterocycles. The smallest absolute Gasteiger partial charge is 0.410 e. The minimum Gasteiger partial charge on any atom is -0.444 e. The standard InChI is InChI=1S/C15H24N4O4S2/c1-8(19(6)14(22)23-15(2,3)4)10(20)18-12-9(11(21)16-5)17-13(24-7)25-12/h8H,1-7H3,(H,16,21)(H,18,20)/t8-/m0/s1. The van der Waals surface area contributed by atoms with Gasteiger partial charge in [-0.1, -0.05) is 23.1 Å². The number of anilines is 1. The van der Waals surface area contributed by atoms with Gasteiger partial charge in [-0.3, -0.25) is 14.5 Å². The average Bonchev–Trinajstić information content (AvgIpc) is 2.93. The second-order valence-electron chi connectivity index (χ2n) is 6.20. The van der Waals surface area contributed by atoms with E-state index in [1.165, 1.54) is 42.1 Å². The van der Waals surface area contributed by atoms with Gasteiger partial charge in [0.15, 0.2) is 10.0 Å². The van der Waals surface area contributed by atoms with Crippen molar-refractivity contribution in [1.82, 2.24) is 15.2 Å². The number of thiazole rings is 1. The van der Waals surface area contributed by atoms with Crippen molar-refractivity contribution in [2.24, 2.45) is 0 Å². The van der Waals surface area contributed by atoms with Crippen molar-refractivity contribution in [3.05, 3.63) is 5.69 Å². The van der Waals surface area contributed by atoms with E-state index in [0.29, 0.717) is 9.34 Å². The van der Waals surface area contributed by atoms with E-state index in [2.05, 4.69) is 15.6 Å². The van der Waals surface area contributed by atoms with Crippen LogP contribution >= 0.6 is 23.1 Å². The highest BCUT2D eigenvalue weighted by Gasteiger charge is 2.28. The lowest BCUT2D eigenvalue weighted by Gasteiger charge is -2.28. The van der Waals surface area contributed by atoms with Crippen molar-refractivity contribution in [2.45, 2.75) is 43.7 Å². The van der Waals surface area contributed by atoms with Crippen LogP contribution in [0, 0.1) is 0 Å². The highest BCUT2D eigenvalue weighted by molar-refractivity contribution is 8.00. The molecule has 0 aliphatic carbocycles. The zero-order chi connectivity index (χ0) is 19.4. The Morgan fingerprint density at radius 3 is 2.40 bits per heavy atom. The first kappa shape index (κ1) is 21.2. The molecule has 0 saturated heterocycles. The van der Waals surface area contributed by atoms with E-state index >= 15 is 0 Å². The number of nitrogens with one attached hydrogen (secondary N) is 2. The molecule has 2 N–H and O–H groups in total. The number of hydrogen-bond donors (Lipinski definition) is 2.